The van der Waals surface area contributed by atoms with Crippen LogP contribution in [-0.2, 0) is 14.3 Å². The Bertz CT molecular complexity index is 352. The molecule has 19 heavy (non-hydrogen) atoms. The summed E-state index contributed by atoms with van der Waals surface area (Å²) in [4.78, 5) is 23.7. The van der Waals surface area contributed by atoms with E-state index in [1.165, 1.54) is 0 Å². The van der Waals surface area contributed by atoms with Crippen molar-refractivity contribution in [3.8, 4) is 0 Å². The van der Waals surface area contributed by atoms with Crippen LogP contribution in [0.2, 0.25) is 0 Å². The minimum atomic E-state index is -0.720. The molecule has 0 spiro atoms. The summed E-state index contributed by atoms with van der Waals surface area (Å²) in [6.07, 6.45) is 4.61. The van der Waals surface area contributed by atoms with E-state index >= 15 is 0 Å². The van der Waals surface area contributed by atoms with Crippen molar-refractivity contribution in [2.24, 2.45) is 11.1 Å². The molecule has 0 bridgehead atoms. The van der Waals surface area contributed by atoms with Crippen molar-refractivity contribution in [3.05, 3.63) is 0 Å². The van der Waals surface area contributed by atoms with Crippen LogP contribution in [0.15, 0.2) is 0 Å². The molecular weight excluding hydrogens is 264 g/mol. The third-order valence-electron chi connectivity index (χ3n) is 3.53. The molecule has 0 aromatic carbocycles. The van der Waals surface area contributed by atoms with E-state index in [0.717, 1.165) is 19.3 Å². The van der Waals surface area contributed by atoms with Crippen molar-refractivity contribution >= 4 is 29.1 Å². The molecule has 0 aromatic heterocycles. The van der Waals surface area contributed by atoms with Crippen LogP contribution in [0.25, 0.3) is 0 Å². The first kappa shape index (κ1) is 15.9. The molecule has 0 heterocycles. The van der Waals surface area contributed by atoms with E-state index in [1.807, 2.05) is 0 Å². The van der Waals surface area contributed by atoms with E-state index in [2.05, 4.69) is 5.32 Å². The summed E-state index contributed by atoms with van der Waals surface area (Å²) in [5.74, 6) is -0.459. The highest BCUT2D eigenvalue weighted by molar-refractivity contribution is 7.80. The van der Waals surface area contributed by atoms with E-state index < -0.39 is 5.41 Å². The first-order valence-electron chi connectivity index (χ1n) is 6.77. The van der Waals surface area contributed by atoms with Gasteiger partial charge in [-0.15, -0.1) is 0 Å². The van der Waals surface area contributed by atoms with Gasteiger partial charge in [-0.05, 0) is 19.8 Å². The minimum absolute atomic E-state index is 0.149. The van der Waals surface area contributed by atoms with E-state index in [4.69, 9.17) is 22.7 Å². The number of hydrogen-bond donors (Lipinski definition) is 2. The Morgan fingerprint density at radius 2 is 1.95 bits per heavy atom. The lowest BCUT2D eigenvalue weighted by molar-refractivity contribution is -0.143. The number of nitrogens with two attached hydrogens (primary N) is 1. The SMILES string of the molecule is CCOC(=O)CCNC(=O)C1(C(N)=S)CCCCC1. The summed E-state index contributed by atoms with van der Waals surface area (Å²) in [5.41, 5.74) is 5.04. The third-order valence-corrected chi connectivity index (χ3v) is 3.92. The number of rotatable bonds is 6. The van der Waals surface area contributed by atoms with Crippen LogP contribution in [0, 0.1) is 5.41 Å². The molecule has 0 aromatic rings. The van der Waals surface area contributed by atoms with Gasteiger partial charge in [0.25, 0.3) is 0 Å². The van der Waals surface area contributed by atoms with Gasteiger partial charge in [0.2, 0.25) is 5.91 Å². The summed E-state index contributed by atoms with van der Waals surface area (Å²) in [6.45, 7) is 2.37. The predicted octanol–water partition coefficient (Wildman–Crippen LogP) is 1.29. The highest BCUT2D eigenvalue weighted by Crippen LogP contribution is 2.36. The normalized spacial score (nSPS) is 17.5. The molecule has 1 aliphatic carbocycles. The quantitative estimate of drug-likeness (QED) is 0.568. The molecule has 0 saturated heterocycles. The van der Waals surface area contributed by atoms with Gasteiger partial charge in [-0.3, -0.25) is 9.59 Å². The van der Waals surface area contributed by atoms with Crippen molar-refractivity contribution in [1.29, 1.82) is 0 Å². The molecule has 0 radical (unpaired) electrons. The average molecular weight is 286 g/mol. The molecule has 1 fully saturated rings. The number of hydrogen-bond acceptors (Lipinski definition) is 4. The number of ether oxygens (including phenoxy) is 1. The second-order valence-corrected chi connectivity index (χ2v) is 5.26. The van der Waals surface area contributed by atoms with Crippen molar-refractivity contribution < 1.29 is 14.3 Å². The highest BCUT2D eigenvalue weighted by atomic mass is 32.1. The maximum atomic E-state index is 12.3. The smallest absolute Gasteiger partial charge is 0.307 e. The van der Waals surface area contributed by atoms with E-state index in [9.17, 15) is 9.59 Å². The zero-order valence-corrected chi connectivity index (χ0v) is 12.2. The fraction of sp³-hybridized carbons (Fsp3) is 0.769. The standard InChI is InChI=1S/C13H22N2O3S/c1-2-18-10(16)6-9-15-12(17)13(11(14)19)7-4-3-5-8-13/h2-9H2,1H3,(H2,14,19)(H,15,17). The molecule has 108 valence electrons. The number of carbonyl (C=O) groups is 2. The molecule has 3 N–H and O–H groups in total. The lowest BCUT2D eigenvalue weighted by Crippen LogP contribution is -2.50. The van der Waals surface area contributed by atoms with Crippen molar-refractivity contribution in [2.45, 2.75) is 45.4 Å². The van der Waals surface area contributed by atoms with Gasteiger partial charge in [0.05, 0.1) is 23.4 Å². The lowest BCUT2D eigenvalue weighted by Gasteiger charge is -2.34. The third kappa shape index (κ3) is 4.16. The number of esters is 1. The number of nitrogens with one attached hydrogen (secondary N) is 1. The van der Waals surface area contributed by atoms with Crippen LogP contribution >= 0.6 is 12.2 Å². The van der Waals surface area contributed by atoms with E-state index in [0.29, 0.717) is 19.4 Å². The first-order valence-corrected chi connectivity index (χ1v) is 7.17. The average Bonchev–Trinajstić information content (AvgIpc) is 2.39. The van der Waals surface area contributed by atoms with Gasteiger partial charge in [0.1, 0.15) is 0 Å². The summed E-state index contributed by atoms with van der Waals surface area (Å²) in [7, 11) is 0. The molecule has 1 aliphatic rings. The molecule has 0 aliphatic heterocycles. The monoisotopic (exact) mass is 286 g/mol. The fourth-order valence-electron chi connectivity index (χ4n) is 2.42. The van der Waals surface area contributed by atoms with Crippen molar-refractivity contribution in [1.82, 2.24) is 5.32 Å². The van der Waals surface area contributed by atoms with Crippen LogP contribution in [0.1, 0.15) is 45.4 Å². The van der Waals surface area contributed by atoms with Gasteiger partial charge in [-0.25, -0.2) is 0 Å². The fourth-order valence-corrected chi connectivity index (χ4v) is 2.72. The highest BCUT2D eigenvalue weighted by Gasteiger charge is 2.42. The lowest BCUT2D eigenvalue weighted by atomic mass is 9.73. The van der Waals surface area contributed by atoms with Gasteiger partial charge in [0, 0.05) is 6.54 Å². The van der Waals surface area contributed by atoms with Gasteiger partial charge < -0.3 is 15.8 Å². The molecule has 1 rings (SSSR count). The maximum absolute atomic E-state index is 12.3. The topological polar surface area (TPSA) is 81.4 Å². The molecule has 0 atom stereocenters. The van der Waals surface area contributed by atoms with Gasteiger partial charge in [-0.2, -0.15) is 0 Å². The van der Waals surface area contributed by atoms with E-state index in [1.54, 1.807) is 6.92 Å². The van der Waals surface area contributed by atoms with Crippen molar-refractivity contribution in [3.63, 3.8) is 0 Å². The Balaban J connectivity index is 2.49. The Morgan fingerprint density at radius 1 is 1.32 bits per heavy atom. The van der Waals surface area contributed by atoms with E-state index in [-0.39, 0.29) is 29.8 Å². The largest absolute Gasteiger partial charge is 0.466 e. The first-order chi connectivity index (χ1) is 9.03. The van der Waals surface area contributed by atoms with Gasteiger partial charge in [0.15, 0.2) is 0 Å². The Hall–Kier alpha value is -1.17. The van der Waals surface area contributed by atoms with Crippen LogP contribution in [0.5, 0.6) is 0 Å². The Kier molecular flexibility index (Phi) is 6.21. The van der Waals surface area contributed by atoms with Crippen LogP contribution < -0.4 is 11.1 Å². The van der Waals surface area contributed by atoms with Crippen molar-refractivity contribution in [2.75, 3.05) is 13.2 Å². The molecule has 5 nitrogen and oxygen atoms in total. The number of thiocarbonyl (C=S) groups is 1. The second-order valence-electron chi connectivity index (χ2n) is 4.82. The summed E-state index contributed by atoms with van der Waals surface area (Å²) in [6, 6.07) is 0. The second kappa shape index (κ2) is 7.43. The molecule has 1 amide bonds. The van der Waals surface area contributed by atoms with Gasteiger partial charge >= 0.3 is 5.97 Å². The summed E-state index contributed by atoms with van der Waals surface area (Å²) >= 11 is 5.07. The summed E-state index contributed by atoms with van der Waals surface area (Å²) < 4.78 is 4.80. The zero-order valence-electron chi connectivity index (χ0n) is 11.4. The number of amides is 1. The molecule has 1 saturated carbocycles. The van der Waals surface area contributed by atoms with Crippen LogP contribution in [-0.4, -0.2) is 30.0 Å². The molecule has 6 heteroatoms. The number of carbonyl (C=O) groups excluding carboxylic acids is 2. The minimum Gasteiger partial charge on any atom is -0.466 e. The van der Waals surface area contributed by atoms with Gasteiger partial charge in [-0.1, -0.05) is 31.5 Å². The predicted molar refractivity (Wildman–Crippen MR) is 76.6 cm³/mol. The molecule has 0 unspecified atom stereocenters. The zero-order chi connectivity index (χ0) is 14.3. The Morgan fingerprint density at radius 3 is 2.47 bits per heavy atom. The van der Waals surface area contributed by atoms with Crippen LogP contribution in [0.4, 0.5) is 0 Å². The molecular formula is C13H22N2O3S. The summed E-state index contributed by atoms with van der Waals surface area (Å²) in [5, 5.41) is 2.76. The maximum Gasteiger partial charge on any atom is 0.307 e. The van der Waals surface area contributed by atoms with Crippen LogP contribution in [0.3, 0.4) is 0 Å². The Labute approximate surface area is 119 Å².